The van der Waals surface area contributed by atoms with Gasteiger partial charge in [-0.25, -0.2) is 9.97 Å². The zero-order valence-corrected chi connectivity index (χ0v) is 8.63. The Labute approximate surface area is 95.1 Å². The lowest BCUT2D eigenvalue weighted by Crippen LogP contribution is -1.97. The van der Waals surface area contributed by atoms with Gasteiger partial charge in [-0.1, -0.05) is 6.07 Å². The van der Waals surface area contributed by atoms with Gasteiger partial charge in [-0.3, -0.25) is 15.1 Å². The number of nitrogens with zero attached hydrogens (tertiary/aromatic N) is 4. The van der Waals surface area contributed by atoms with E-state index < -0.39 is 4.92 Å². The minimum Gasteiger partial charge on any atom is -0.258 e. The Morgan fingerprint density at radius 3 is 2.75 bits per heavy atom. The van der Waals surface area contributed by atoms with Crippen molar-refractivity contribution in [3.63, 3.8) is 0 Å². The average molecular weight is 237 g/mol. The topological polar surface area (TPSA) is 81.8 Å². The molecule has 0 aliphatic carbocycles. The van der Waals surface area contributed by atoms with Crippen molar-refractivity contribution < 1.29 is 4.92 Å². The molecule has 0 radical (unpaired) electrons. The molecule has 0 aromatic carbocycles. The smallest absolute Gasteiger partial charge is 0.258 e. The number of pyridine rings is 1. The van der Waals surface area contributed by atoms with Gasteiger partial charge in [0.1, 0.15) is 6.20 Å². The second-order valence-electron chi connectivity index (χ2n) is 2.84. The van der Waals surface area contributed by atoms with E-state index in [1.807, 2.05) is 0 Å². The number of nitro groups is 1. The van der Waals surface area contributed by atoms with Crippen LogP contribution in [0, 0.1) is 10.1 Å². The summed E-state index contributed by atoms with van der Waals surface area (Å²) in [7, 11) is 0. The summed E-state index contributed by atoms with van der Waals surface area (Å²) in [6.07, 6.45) is 2.59. The van der Waals surface area contributed by atoms with Crippen LogP contribution in [0.4, 0.5) is 5.69 Å². The summed E-state index contributed by atoms with van der Waals surface area (Å²) < 4.78 is 0. The minimum absolute atomic E-state index is 0.0498. The largest absolute Gasteiger partial charge is 0.315 e. The molecular formula is C9H5ClN4O2. The van der Waals surface area contributed by atoms with Crippen LogP contribution in [0.3, 0.4) is 0 Å². The molecule has 0 aliphatic heterocycles. The first-order chi connectivity index (χ1) is 7.68. The molecule has 0 spiro atoms. The van der Waals surface area contributed by atoms with E-state index >= 15 is 0 Å². The molecule has 6 nitrogen and oxygen atoms in total. The molecule has 0 aliphatic rings. The third kappa shape index (κ3) is 1.96. The first kappa shape index (κ1) is 10.4. The summed E-state index contributed by atoms with van der Waals surface area (Å²) in [5.41, 5.74) is 0.284. The number of rotatable bonds is 2. The van der Waals surface area contributed by atoms with Crippen LogP contribution in [0.1, 0.15) is 0 Å². The Hall–Kier alpha value is -2.08. The Balaban J connectivity index is 2.63. The third-order valence-electron chi connectivity index (χ3n) is 1.84. The second kappa shape index (κ2) is 4.19. The van der Waals surface area contributed by atoms with Crippen molar-refractivity contribution in [1.29, 1.82) is 0 Å². The van der Waals surface area contributed by atoms with Crippen molar-refractivity contribution in [2.75, 3.05) is 0 Å². The van der Waals surface area contributed by atoms with Crippen molar-refractivity contribution in [3.05, 3.63) is 46.0 Å². The summed E-state index contributed by atoms with van der Waals surface area (Å²) in [6.45, 7) is 0. The van der Waals surface area contributed by atoms with Crippen LogP contribution in [0.5, 0.6) is 0 Å². The molecule has 0 fully saturated rings. The lowest BCUT2D eigenvalue weighted by Gasteiger charge is -2.00. The fourth-order valence-corrected chi connectivity index (χ4v) is 1.31. The van der Waals surface area contributed by atoms with E-state index in [1.54, 1.807) is 18.2 Å². The Bertz CT molecular complexity index is 532. The maximum absolute atomic E-state index is 10.8. The molecule has 80 valence electrons. The summed E-state index contributed by atoms with van der Waals surface area (Å²) in [5.74, 6) is 0. The van der Waals surface area contributed by atoms with E-state index in [9.17, 15) is 10.1 Å². The van der Waals surface area contributed by atoms with Gasteiger partial charge in [0.2, 0.25) is 5.28 Å². The molecule has 0 amide bonds. The van der Waals surface area contributed by atoms with Crippen LogP contribution in [-0.4, -0.2) is 19.9 Å². The highest BCUT2D eigenvalue weighted by Crippen LogP contribution is 2.25. The van der Waals surface area contributed by atoms with Crippen LogP contribution < -0.4 is 0 Å². The van der Waals surface area contributed by atoms with Gasteiger partial charge in [-0.15, -0.1) is 0 Å². The van der Waals surface area contributed by atoms with Gasteiger partial charge in [0.25, 0.3) is 0 Å². The number of hydrogen-bond donors (Lipinski definition) is 0. The molecule has 0 unspecified atom stereocenters. The number of hydrogen-bond acceptors (Lipinski definition) is 5. The van der Waals surface area contributed by atoms with Gasteiger partial charge in [-0.2, -0.15) is 0 Å². The summed E-state index contributed by atoms with van der Waals surface area (Å²) >= 11 is 5.60. The SMILES string of the molecule is O=[N+]([O-])c1cnc(Cl)nc1-c1ccccn1. The van der Waals surface area contributed by atoms with Gasteiger partial charge < -0.3 is 0 Å². The third-order valence-corrected chi connectivity index (χ3v) is 2.03. The Kier molecular flexibility index (Phi) is 2.74. The molecule has 0 saturated carbocycles. The molecule has 2 rings (SSSR count). The number of halogens is 1. The van der Waals surface area contributed by atoms with E-state index in [0.29, 0.717) is 5.69 Å². The van der Waals surface area contributed by atoms with E-state index in [4.69, 9.17) is 11.6 Å². The zero-order chi connectivity index (χ0) is 11.5. The lowest BCUT2D eigenvalue weighted by atomic mass is 10.2. The minimum atomic E-state index is -0.569. The van der Waals surface area contributed by atoms with Crippen molar-refractivity contribution in [1.82, 2.24) is 15.0 Å². The highest BCUT2D eigenvalue weighted by atomic mass is 35.5. The van der Waals surface area contributed by atoms with E-state index in [2.05, 4.69) is 15.0 Å². The van der Waals surface area contributed by atoms with Crippen LogP contribution in [0.25, 0.3) is 11.4 Å². The molecule has 2 heterocycles. The molecule has 0 N–H and O–H groups in total. The van der Waals surface area contributed by atoms with Crippen molar-refractivity contribution >= 4 is 17.3 Å². The van der Waals surface area contributed by atoms with Gasteiger partial charge >= 0.3 is 5.69 Å². The van der Waals surface area contributed by atoms with Gasteiger partial charge in [0.15, 0.2) is 5.69 Å². The standard InChI is InChI=1S/C9H5ClN4O2/c10-9-12-5-7(14(15)16)8(13-9)6-3-1-2-4-11-6/h1-5H. The quantitative estimate of drug-likeness (QED) is 0.453. The molecular weight excluding hydrogens is 232 g/mol. The summed E-state index contributed by atoms with van der Waals surface area (Å²) in [5, 5.41) is 10.7. The Morgan fingerprint density at radius 2 is 2.12 bits per heavy atom. The molecule has 0 saturated heterocycles. The molecule has 0 atom stereocenters. The van der Waals surface area contributed by atoms with E-state index in [1.165, 1.54) is 6.20 Å². The maximum Gasteiger partial charge on any atom is 0.315 e. The molecule has 16 heavy (non-hydrogen) atoms. The fraction of sp³-hybridized carbons (Fsp3) is 0. The molecule has 2 aromatic heterocycles. The normalized spacial score (nSPS) is 10.1. The van der Waals surface area contributed by atoms with Crippen LogP contribution in [0.2, 0.25) is 5.28 Å². The predicted molar refractivity (Wildman–Crippen MR) is 56.9 cm³/mol. The van der Waals surface area contributed by atoms with Crippen LogP contribution in [0.15, 0.2) is 30.6 Å². The molecule has 0 bridgehead atoms. The van der Waals surface area contributed by atoms with Crippen molar-refractivity contribution in [2.24, 2.45) is 0 Å². The van der Waals surface area contributed by atoms with Crippen molar-refractivity contribution in [2.45, 2.75) is 0 Å². The first-order valence-electron chi connectivity index (χ1n) is 4.27. The highest BCUT2D eigenvalue weighted by Gasteiger charge is 2.18. The summed E-state index contributed by atoms with van der Waals surface area (Å²) in [4.78, 5) is 21.6. The van der Waals surface area contributed by atoms with Crippen LogP contribution >= 0.6 is 11.6 Å². The lowest BCUT2D eigenvalue weighted by molar-refractivity contribution is -0.384. The Morgan fingerprint density at radius 1 is 1.31 bits per heavy atom. The predicted octanol–water partition coefficient (Wildman–Crippen LogP) is 2.10. The zero-order valence-electron chi connectivity index (χ0n) is 7.87. The van der Waals surface area contributed by atoms with Crippen LogP contribution in [-0.2, 0) is 0 Å². The number of aromatic nitrogens is 3. The van der Waals surface area contributed by atoms with E-state index in [-0.39, 0.29) is 16.7 Å². The molecule has 2 aromatic rings. The van der Waals surface area contributed by atoms with Crippen molar-refractivity contribution in [3.8, 4) is 11.4 Å². The summed E-state index contributed by atoms with van der Waals surface area (Å²) in [6, 6.07) is 5.03. The van der Waals surface area contributed by atoms with Gasteiger partial charge in [0, 0.05) is 6.20 Å². The first-order valence-corrected chi connectivity index (χ1v) is 4.64. The highest BCUT2D eigenvalue weighted by molar-refractivity contribution is 6.28. The fourth-order valence-electron chi connectivity index (χ4n) is 1.18. The van der Waals surface area contributed by atoms with E-state index in [0.717, 1.165) is 6.20 Å². The monoisotopic (exact) mass is 236 g/mol. The average Bonchev–Trinajstić information content (AvgIpc) is 2.29. The van der Waals surface area contributed by atoms with Gasteiger partial charge in [0.05, 0.1) is 10.6 Å². The second-order valence-corrected chi connectivity index (χ2v) is 3.18. The maximum atomic E-state index is 10.8. The molecule has 7 heteroatoms. The van der Waals surface area contributed by atoms with Gasteiger partial charge in [-0.05, 0) is 23.7 Å².